The Balaban J connectivity index is 2.95. The Kier molecular flexibility index (Phi) is 6.92. The van der Waals surface area contributed by atoms with Gasteiger partial charge in [-0.3, -0.25) is 9.59 Å². The molecule has 0 N–H and O–H groups in total. The summed E-state index contributed by atoms with van der Waals surface area (Å²) in [6.07, 6.45) is 0.899. The van der Waals surface area contributed by atoms with Crippen molar-refractivity contribution in [2.24, 2.45) is 5.92 Å². The van der Waals surface area contributed by atoms with Crippen molar-refractivity contribution < 1.29 is 19.1 Å². The lowest BCUT2D eigenvalue weighted by Crippen LogP contribution is -2.21. The Bertz CT molecular complexity index is 481. The Hall–Kier alpha value is -1.84. The van der Waals surface area contributed by atoms with Crippen LogP contribution in [0.4, 0.5) is 0 Å². The summed E-state index contributed by atoms with van der Waals surface area (Å²) in [7, 11) is 1.59. The summed E-state index contributed by atoms with van der Waals surface area (Å²) >= 11 is 0. The van der Waals surface area contributed by atoms with Crippen molar-refractivity contribution in [3.8, 4) is 5.75 Å². The van der Waals surface area contributed by atoms with Crippen LogP contribution in [0.25, 0.3) is 0 Å². The largest absolute Gasteiger partial charge is 0.497 e. The third kappa shape index (κ3) is 4.88. The molecule has 116 valence electrons. The van der Waals surface area contributed by atoms with E-state index >= 15 is 0 Å². The van der Waals surface area contributed by atoms with E-state index in [0.29, 0.717) is 25.2 Å². The summed E-state index contributed by atoms with van der Waals surface area (Å²) in [6, 6.07) is 7.46. The molecule has 0 saturated heterocycles. The van der Waals surface area contributed by atoms with Gasteiger partial charge in [0.1, 0.15) is 11.5 Å². The molecule has 0 aliphatic rings. The summed E-state index contributed by atoms with van der Waals surface area (Å²) in [5.74, 6) is -0.0277. The summed E-state index contributed by atoms with van der Waals surface area (Å²) in [5, 5.41) is 0. The minimum Gasteiger partial charge on any atom is -0.497 e. The Morgan fingerprint density at radius 3 is 2.52 bits per heavy atom. The molecule has 1 rings (SSSR count). The van der Waals surface area contributed by atoms with Crippen molar-refractivity contribution in [2.75, 3.05) is 13.7 Å². The third-order valence-electron chi connectivity index (χ3n) is 3.51. The van der Waals surface area contributed by atoms with E-state index in [1.165, 1.54) is 0 Å². The molecular weight excluding hydrogens is 268 g/mol. The van der Waals surface area contributed by atoms with Crippen molar-refractivity contribution in [1.82, 2.24) is 0 Å². The Morgan fingerprint density at radius 1 is 1.24 bits per heavy atom. The number of esters is 1. The predicted octanol–water partition coefficient (Wildman–Crippen LogP) is 3.35. The number of carbonyl (C=O) groups is 2. The fraction of sp³-hybridized carbons (Fsp3) is 0.529. The molecule has 0 spiro atoms. The zero-order chi connectivity index (χ0) is 15.8. The van der Waals surface area contributed by atoms with Gasteiger partial charge in [-0.05, 0) is 31.0 Å². The number of benzene rings is 1. The Labute approximate surface area is 126 Å². The standard InChI is InChI=1S/C17H24O4/c1-5-16(18)15(10-12(3)17(19)21-6-2)13-8-7-9-14(11-13)20-4/h7-9,11-12,15H,5-6,10H2,1-4H3. The maximum Gasteiger partial charge on any atom is 0.308 e. The fourth-order valence-electron chi connectivity index (χ4n) is 2.29. The summed E-state index contributed by atoms with van der Waals surface area (Å²) in [4.78, 5) is 24.0. The summed E-state index contributed by atoms with van der Waals surface area (Å²) < 4.78 is 10.2. The minimum absolute atomic E-state index is 0.124. The van der Waals surface area contributed by atoms with Crippen LogP contribution in [0.15, 0.2) is 24.3 Å². The summed E-state index contributed by atoms with van der Waals surface area (Å²) in [5.41, 5.74) is 0.886. The first kappa shape index (κ1) is 17.2. The molecule has 0 heterocycles. The topological polar surface area (TPSA) is 52.6 Å². The highest BCUT2D eigenvalue weighted by atomic mass is 16.5. The zero-order valence-electron chi connectivity index (χ0n) is 13.2. The molecule has 0 amide bonds. The number of rotatable bonds is 8. The number of Topliss-reactive ketones (excluding diaryl/α,β-unsaturated/α-hetero) is 1. The number of carbonyl (C=O) groups excluding carboxylic acids is 2. The number of ketones is 1. The fourth-order valence-corrected chi connectivity index (χ4v) is 2.29. The van der Waals surface area contributed by atoms with Crippen LogP contribution in [0.1, 0.15) is 45.1 Å². The van der Waals surface area contributed by atoms with Crippen LogP contribution in [0.5, 0.6) is 5.75 Å². The van der Waals surface area contributed by atoms with Gasteiger partial charge in [-0.15, -0.1) is 0 Å². The van der Waals surface area contributed by atoms with Crippen LogP contribution in [-0.2, 0) is 14.3 Å². The number of hydrogen-bond acceptors (Lipinski definition) is 4. The van der Waals surface area contributed by atoms with Gasteiger partial charge >= 0.3 is 5.97 Å². The maximum absolute atomic E-state index is 12.2. The Morgan fingerprint density at radius 2 is 1.95 bits per heavy atom. The average molecular weight is 292 g/mol. The number of methoxy groups -OCH3 is 1. The van der Waals surface area contributed by atoms with Gasteiger partial charge < -0.3 is 9.47 Å². The first-order chi connectivity index (χ1) is 10.0. The van der Waals surface area contributed by atoms with Crippen LogP contribution in [-0.4, -0.2) is 25.5 Å². The second kappa shape index (κ2) is 8.45. The molecule has 4 heteroatoms. The third-order valence-corrected chi connectivity index (χ3v) is 3.51. The van der Waals surface area contributed by atoms with Crippen molar-refractivity contribution in [3.63, 3.8) is 0 Å². The van der Waals surface area contributed by atoms with E-state index in [2.05, 4.69) is 0 Å². The van der Waals surface area contributed by atoms with E-state index in [9.17, 15) is 9.59 Å². The minimum atomic E-state index is -0.309. The average Bonchev–Trinajstić information content (AvgIpc) is 2.51. The van der Waals surface area contributed by atoms with E-state index < -0.39 is 0 Å². The van der Waals surface area contributed by atoms with E-state index in [-0.39, 0.29) is 23.6 Å². The van der Waals surface area contributed by atoms with Gasteiger partial charge in [-0.2, -0.15) is 0 Å². The van der Waals surface area contributed by atoms with Crippen molar-refractivity contribution in [1.29, 1.82) is 0 Å². The van der Waals surface area contributed by atoms with Gasteiger partial charge in [0, 0.05) is 12.3 Å². The van der Waals surface area contributed by atoms with Gasteiger partial charge in [-0.25, -0.2) is 0 Å². The molecule has 0 fully saturated rings. The maximum atomic E-state index is 12.2. The molecule has 0 aliphatic carbocycles. The highest BCUT2D eigenvalue weighted by Gasteiger charge is 2.25. The van der Waals surface area contributed by atoms with Gasteiger partial charge in [0.15, 0.2) is 0 Å². The van der Waals surface area contributed by atoms with Crippen molar-refractivity contribution in [2.45, 2.75) is 39.5 Å². The first-order valence-electron chi connectivity index (χ1n) is 7.36. The lowest BCUT2D eigenvalue weighted by molar-refractivity contribution is -0.147. The second-order valence-corrected chi connectivity index (χ2v) is 5.04. The van der Waals surface area contributed by atoms with Crippen LogP contribution < -0.4 is 4.74 Å². The quantitative estimate of drug-likeness (QED) is 0.689. The van der Waals surface area contributed by atoms with Crippen LogP contribution in [0.2, 0.25) is 0 Å². The van der Waals surface area contributed by atoms with E-state index in [1.807, 2.05) is 31.2 Å². The van der Waals surface area contributed by atoms with Gasteiger partial charge in [0.25, 0.3) is 0 Å². The molecule has 1 aromatic rings. The lowest BCUT2D eigenvalue weighted by atomic mass is 9.85. The van der Waals surface area contributed by atoms with Gasteiger partial charge in [0.05, 0.1) is 19.6 Å². The predicted molar refractivity (Wildman–Crippen MR) is 81.4 cm³/mol. The van der Waals surface area contributed by atoms with Gasteiger partial charge in [0.2, 0.25) is 0 Å². The smallest absolute Gasteiger partial charge is 0.308 e. The van der Waals surface area contributed by atoms with Crippen LogP contribution >= 0.6 is 0 Å². The van der Waals surface area contributed by atoms with Crippen molar-refractivity contribution >= 4 is 11.8 Å². The highest BCUT2D eigenvalue weighted by molar-refractivity contribution is 5.86. The molecule has 0 aromatic heterocycles. The lowest BCUT2D eigenvalue weighted by Gasteiger charge is -2.19. The molecular formula is C17H24O4. The molecule has 0 radical (unpaired) electrons. The molecule has 4 nitrogen and oxygen atoms in total. The van der Waals surface area contributed by atoms with E-state index in [0.717, 1.165) is 5.56 Å². The molecule has 0 saturated carbocycles. The van der Waals surface area contributed by atoms with Crippen LogP contribution in [0.3, 0.4) is 0 Å². The molecule has 0 bridgehead atoms. The molecule has 1 aromatic carbocycles. The monoisotopic (exact) mass is 292 g/mol. The normalized spacial score (nSPS) is 13.3. The zero-order valence-corrected chi connectivity index (χ0v) is 13.2. The summed E-state index contributed by atoms with van der Waals surface area (Å²) in [6.45, 7) is 5.77. The second-order valence-electron chi connectivity index (χ2n) is 5.04. The van der Waals surface area contributed by atoms with E-state index in [4.69, 9.17) is 9.47 Å². The van der Waals surface area contributed by atoms with E-state index in [1.54, 1.807) is 21.0 Å². The molecule has 2 atom stereocenters. The molecule has 21 heavy (non-hydrogen) atoms. The SMILES string of the molecule is CCOC(=O)C(C)CC(C(=O)CC)c1cccc(OC)c1. The molecule has 2 unspecified atom stereocenters. The van der Waals surface area contributed by atoms with Crippen LogP contribution in [0, 0.1) is 5.92 Å². The van der Waals surface area contributed by atoms with Gasteiger partial charge in [-0.1, -0.05) is 26.0 Å². The molecule has 0 aliphatic heterocycles. The number of hydrogen-bond donors (Lipinski definition) is 0. The van der Waals surface area contributed by atoms with Crippen molar-refractivity contribution in [3.05, 3.63) is 29.8 Å². The first-order valence-corrected chi connectivity index (χ1v) is 7.36. The highest BCUT2D eigenvalue weighted by Crippen LogP contribution is 2.29. The number of ether oxygens (including phenoxy) is 2.